The molecule has 2 rings (SSSR count). The van der Waals surface area contributed by atoms with Gasteiger partial charge in [0.2, 0.25) is 0 Å². The Bertz CT molecular complexity index is 398. The van der Waals surface area contributed by atoms with Gasteiger partial charge in [-0.2, -0.15) is 0 Å². The van der Waals surface area contributed by atoms with Crippen LogP contribution in [-0.2, 0) is 6.42 Å². The van der Waals surface area contributed by atoms with Crippen LogP contribution in [0.1, 0.15) is 63.6 Å². The summed E-state index contributed by atoms with van der Waals surface area (Å²) in [5.41, 5.74) is 9.20. The molecule has 0 aromatic heterocycles. The smallest absolute Gasteiger partial charge is 0.0450 e. The third kappa shape index (κ3) is 3.42. The molecule has 2 nitrogen and oxygen atoms in total. The lowest BCUT2D eigenvalue weighted by atomic mass is 9.93. The Morgan fingerprint density at radius 1 is 1.20 bits per heavy atom. The van der Waals surface area contributed by atoms with Gasteiger partial charge in [0.1, 0.15) is 0 Å². The van der Waals surface area contributed by atoms with E-state index >= 15 is 0 Å². The largest absolute Gasteiger partial charge is 0.323 e. The van der Waals surface area contributed by atoms with Crippen molar-refractivity contribution in [3.8, 4) is 0 Å². The van der Waals surface area contributed by atoms with Crippen molar-refractivity contribution in [1.29, 1.82) is 0 Å². The van der Waals surface area contributed by atoms with E-state index in [1.165, 1.54) is 43.4 Å². The molecule has 1 aromatic carbocycles. The lowest BCUT2D eigenvalue weighted by Crippen LogP contribution is -2.49. The molecule has 2 N–H and O–H groups in total. The number of nitrogens with zero attached hydrogens (tertiary/aromatic N) is 1. The van der Waals surface area contributed by atoms with Crippen LogP contribution in [0.4, 0.5) is 0 Å². The average molecular weight is 274 g/mol. The fourth-order valence-electron chi connectivity index (χ4n) is 3.46. The van der Waals surface area contributed by atoms with Crippen molar-refractivity contribution < 1.29 is 0 Å². The quantitative estimate of drug-likeness (QED) is 0.882. The predicted molar refractivity (Wildman–Crippen MR) is 86.8 cm³/mol. The maximum atomic E-state index is 6.54. The highest BCUT2D eigenvalue weighted by Gasteiger charge is 2.29. The summed E-state index contributed by atoms with van der Waals surface area (Å²) in [5.74, 6) is 0. The molecule has 2 heteroatoms. The third-order valence-electron chi connectivity index (χ3n) is 4.96. The standard InChI is InChI=1S/C18H30N2/c1-4-15-9-11-16(12-10-15)18(19)14(3)20-13-7-6-8-17(20)5-2/h9-12,14,17-18H,4-8,13,19H2,1-3H3. The van der Waals surface area contributed by atoms with Crippen LogP contribution in [0.2, 0.25) is 0 Å². The van der Waals surface area contributed by atoms with Gasteiger partial charge in [-0.1, -0.05) is 44.5 Å². The Kier molecular flexibility index (Phi) is 5.62. The molecule has 0 amide bonds. The molecule has 0 saturated carbocycles. The van der Waals surface area contributed by atoms with Crippen LogP contribution in [0.25, 0.3) is 0 Å². The van der Waals surface area contributed by atoms with Gasteiger partial charge in [0.05, 0.1) is 0 Å². The zero-order valence-corrected chi connectivity index (χ0v) is 13.3. The summed E-state index contributed by atoms with van der Waals surface area (Å²) >= 11 is 0. The van der Waals surface area contributed by atoms with Gasteiger partial charge in [0, 0.05) is 18.1 Å². The zero-order valence-electron chi connectivity index (χ0n) is 13.3. The minimum atomic E-state index is 0.119. The molecule has 1 aromatic rings. The van der Waals surface area contributed by atoms with Gasteiger partial charge in [-0.3, -0.25) is 4.90 Å². The van der Waals surface area contributed by atoms with Gasteiger partial charge >= 0.3 is 0 Å². The molecule has 0 spiro atoms. The first kappa shape index (κ1) is 15.5. The number of aryl methyl sites for hydroxylation is 1. The molecule has 20 heavy (non-hydrogen) atoms. The second kappa shape index (κ2) is 7.24. The molecule has 0 bridgehead atoms. The summed E-state index contributed by atoms with van der Waals surface area (Å²) in [5, 5.41) is 0. The van der Waals surface area contributed by atoms with E-state index in [0.29, 0.717) is 6.04 Å². The van der Waals surface area contributed by atoms with Crippen LogP contribution in [0, 0.1) is 0 Å². The highest BCUT2D eigenvalue weighted by Crippen LogP contribution is 2.27. The maximum absolute atomic E-state index is 6.54. The van der Waals surface area contributed by atoms with Gasteiger partial charge in [0.15, 0.2) is 0 Å². The van der Waals surface area contributed by atoms with Gasteiger partial charge in [-0.05, 0) is 50.3 Å². The number of hydrogen-bond donors (Lipinski definition) is 1. The van der Waals surface area contributed by atoms with E-state index in [1.807, 2.05) is 0 Å². The molecular formula is C18H30N2. The van der Waals surface area contributed by atoms with Crippen LogP contribution < -0.4 is 5.73 Å². The molecule has 3 atom stereocenters. The van der Waals surface area contributed by atoms with Crippen molar-refractivity contribution in [3.05, 3.63) is 35.4 Å². The van der Waals surface area contributed by atoms with Gasteiger partial charge in [-0.25, -0.2) is 0 Å². The lowest BCUT2D eigenvalue weighted by Gasteiger charge is -2.42. The normalized spacial score (nSPS) is 23.5. The van der Waals surface area contributed by atoms with E-state index in [-0.39, 0.29) is 6.04 Å². The molecule has 3 unspecified atom stereocenters. The molecule has 112 valence electrons. The number of nitrogens with two attached hydrogens (primary N) is 1. The summed E-state index contributed by atoms with van der Waals surface area (Å²) < 4.78 is 0. The van der Waals surface area contributed by atoms with Crippen molar-refractivity contribution in [1.82, 2.24) is 4.90 Å². The summed E-state index contributed by atoms with van der Waals surface area (Å²) in [6.45, 7) is 8.00. The maximum Gasteiger partial charge on any atom is 0.0450 e. The van der Waals surface area contributed by atoms with Gasteiger partial charge in [0.25, 0.3) is 0 Å². The first-order valence-electron chi connectivity index (χ1n) is 8.27. The van der Waals surface area contributed by atoms with Crippen LogP contribution in [-0.4, -0.2) is 23.5 Å². The molecule has 0 aliphatic carbocycles. The summed E-state index contributed by atoms with van der Waals surface area (Å²) in [6, 6.07) is 10.1. The van der Waals surface area contributed by atoms with E-state index in [4.69, 9.17) is 5.73 Å². The van der Waals surface area contributed by atoms with Crippen molar-refractivity contribution >= 4 is 0 Å². The van der Waals surface area contributed by atoms with Crippen molar-refractivity contribution in [2.24, 2.45) is 5.73 Å². The molecule has 0 radical (unpaired) electrons. The SMILES string of the molecule is CCc1ccc(C(N)C(C)N2CCCCC2CC)cc1. The molecule has 1 aliphatic rings. The number of likely N-dealkylation sites (tertiary alicyclic amines) is 1. The number of benzene rings is 1. The van der Waals surface area contributed by atoms with E-state index in [9.17, 15) is 0 Å². The minimum absolute atomic E-state index is 0.119. The van der Waals surface area contributed by atoms with E-state index in [0.717, 1.165) is 12.5 Å². The van der Waals surface area contributed by atoms with Crippen molar-refractivity contribution in [2.75, 3.05) is 6.54 Å². The Hall–Kier alpha value is -0.860. The third-order valence-corrected chi connectivity index (χ3v) is 4.96. The zero-order chi connectivity index (χ0) is 14.5. The topological polar surface area (TPSA) is 29.3 Å². The Labute approximate surface area is 124 Å². The summed E-state index contributed by atoms with van der Waals surface area (Å²) in [6.07, 6.45) is 6.37. The van der Waals surface area contributed by atoms with Crippen molar-refractivity contribution in [2.45, 2.75) is 71.0 Å². The minimum Gasteiger partial charge on any atom is -0.323 e. The van der Waals surface area contributed by atoms with Gasteiger partial charge in [-0.15, -0.1) is 0 Å². The number of hydrogen-bond acceptors (Lipinski definition) is 2. The fourth-order valence-corrected chi connectivity index (χ4v) is 3.46. The Balaban J connectivity index is 2.07. The molecule has 1 heterocycles. The molecule has 1 fully saturated rings. The van der Waals surface area contributed by atoms with E-state index < -0.39 is 0 Å². The summed E-state index contributed by atoms with van der Waals surface area (Å²) in [4.78, 5) is 2.64. The molecule has 1 saturated heterocycles. The second-order valence-corrected chi connectivity index (χ2v) is 6.16. The monoisotopic (exact) mass is 274 g/mol. The van der Waals surface area contributed by atoms with E-state index in [2.05, 4.69) is 49.9 Å². The van der Waals surface area contributed by atoms with E-state index in [1.54, 1.807) is 0 Å². The lowest BCUT2D eigenvalue weighted by molar-refractivity contribution is 0.0863. The average Bonchev–Trinajstić information content (AvgIpc) is 2.53. The first-order chi connectivity index (χ1) is 9.67. The summed E-state index contributed by atoms with van der Waals surface area (Å²) in [7, 11) is 0. The number of rotatable bonds is 5. The van der Waals surface area contributed by atoms with Crippen LogP contribution >= 0.6 is 0 Å². The van der Waals surface area contributed by atoms with Crippen LogP contribution in [0.5, 0.6) is 0 Å². The number of piperidine rings is 1. The first-order valence-corrected chi connectivity index (χ1v) is 8.27. The predicted octanol–water partition coefficient (Wildman–Crippen LogP) is 3.90. The van der Waals surface area contributed by atoms with Gasteiger partial charge < -0.3 is 5.73 Å². The Morgan fingerprint density at radius 3 is 2.50 bits per heavy atom. The highest BCUT2D eigenvalue weighted by atomic mass is 15.2. The molecule has 1 aliphatic heterocycles. The second-order valence-electron chi connectivity index (χ2n) is 6.16. The highest BCUT2D eigenvalue weighted by molar-refractivity contribution is 5.25. The fraction of sp³-hybridized carbons (Fsp3) is 0.667. The van der Waals surface area contributed by atoms with Crippen molar-refractivity contribution in [3.63, 3.8) is 0 Å². The van der Waals surface area contributed by atoms with Crippen LogP contribution in [0.15, 0.2) is 24.3 Å². The molecular weight excluding hydrogens is 244 g/mol. The Morgan fingerprint density at radius 2 is 1.90 bits per heavy atom. The van der Waals surface area contributed by atoms with Crippen LogP contribution in [0.3, 0.4) is 0 Å².